The van der Waals surface area contributed by atoms with Crippen LogP contribution in [0.3, 0.4) is 0 Å². The number of para-hydroxylation sites is 1. The van der Waals surface area contributed by atoms with Crippen LogP contribution in [0.5, 0.6) is 11.6 Å². The van der Waals surface area contributed by atoms with Crippen LogP contribution in [-0.4, -0.2) is 52.7 Å². The normalized spacial score (nSPS) is 13.9. The topological polar surface area (TPSA) is 58.6 Å². The van der Waals surface area contributed by atoms with Gasteiger partial charge in [0.2, 0.25) is 5.91 Å². The van der Waals surface area contributed by atoms with Crippen molar-refractivity contribution in [2.45, 2.75) is 18.9 Å². The van der Waals surface area contributed by atoms with Gasteiger partial charge in [-0.05, 0) is 43.2 Å². The van der Waals surface area contributed by atoms with Crippen LogP contribution >= 0.6 is 11.8 Å². The Morgan fingerprint density at radius 2 is 1.77 bits per heavy atom. The van der Waals surface area contributed by atoms with Crippen molar-refractivity contribution in [3.63, 3.8) is 0 Å². The van der Waals surface area contributed by atoms with Crippen molar-refractivity contribution in [2.24, 2.45) is 0 Å². The van der Waals surface area contributed by atoms with E-state index in [1.165, 1.54) is 23.0 Å². The summed E-state index contributed by atoms with van der Waals surface area (Å²) in [7, 11) is 0. The van der Waals surface area contributed by atoms with Gasteiger partial charge in [-0.1, -0.05) is 42.1 Å². The van der Waals surface area contributed by atoms with Crippen molar-refractivity contribution < 1.29 is 9.53 Å². The molecule has 0 bridgehead atoms. The summed E-state index contributed by atoms with van der Waals surface area (Å²) in [5.74, 6) is 1.59. The Balaban J connectivity index is 1.33. The second-order valence-electron chi connectivity index (χ2n) is 7.53. The number of piperazine rings is 1. The number of aromatic nitrogens is 2. The Hall–Kier alpha value is -3.06. The second-order valence-corrected chi connectivity index (χ2v) is 8.49. The van der Waals surface area contributed by atoms with Crippen molar-refractivity contribution in [3.8, 4) is 11.6 Å². The predicted molar refractivity (Wildman–Crippen MR) is 124 cm³/mol. The number of benzene rings is 2. The van der Waals surface area contributed by atoms with Crippen molar-refractivity contribution in [1.29, 1.82) is 0 Å². The van der Waals surface area contributed by atoms with Crippen LogP contribution in [0.2, 0.25) is 0 Å². The second kappa shape index (κ2) is 9.83. The highest BCUT2D eigenvalue weighted by atomic mass is 32.2. The molecule has 1 saturated heterocycles. The number of thioether (sulfide) groups is 1. The predicted octanol–water partition coefficient (Wildman–Crippen LogP) is 4.33. The molecule has 1 aliphatic heterocycles. The molecule has 1 amide bonds. The maximum atomic E-state index is 12.8. The first-order valence-corrected chi connectivity index (χ1v) is 11.4. The maximum absolute atomic E-state index is 12.8. The number of hydrogen-bond donors (Lipinski definition) is 0. The van der Waals surface area contributed by atoms with E-state index in [1.54, 1.807) is 12.4 Å². The van der Waals surface area contributed by atoms with Crippen LogP contribution in [0.4, 0.5) is 5.69 Å². The summed E-state index contributed by atoms with van der Waals surface area (Å²) in [5, 5.41) is 0.623. The van der Waals surface area contributed by atoms with Gasteiger partial charge in [0, 0.05) is 44.3 Å². The molecule has 1 aromatic heterocycles. The van der Waals surface area contributed by atoms with Gasteiger partial charge >= 0.3 is 0 Å². The molecule has 0 radical (unpaired) electrons. The van der Waals surface area contributed by atoms with E-state index in [4.69, 9.17) is 4.74 Å². The van der Waals surface area contributed by atoms with Crippen LogP contribution in [0.15, 0.2) is 66.0 Å². The first-order valence-electron chi connectivity index (χ1n) is 10.4. The third-order valence-corrected chi connectivity index (χ3v) is 6.21. The van der Waals surface area contributed by atoms with Gasteiger partial charge in [-0.3, -0.25) is 4.79 Å². The van der Waals surface area contributed by atoms with Gasteiger partial charge in [0.25, 0.3) is 5.88 Å². The van der Waals surface area contributed by atoms with E-state index < -0.39 is 0 Å². The molecule has 2 heterocycles. The number of rotatable bonds is 6. The summed E-state index contributed by atoms with van der Waals surface area (Å²) in [5.41, 5.74) is 3.49. The number of nitrogens with zero attached hydrogens (tertiary/aromatic N) is 4. The number of ether oxygens (including phenoxy) is 1. The lowest BCUT2D eigenvalue weighted by Gasteiger charge is -2.36. The van der Waals surface area contributed by atoms with E-state index in [2.05, 4.69) is 46.1 Å². The lowest BCUT2D eigenvalue weighted by atomic mass is 10.2. The SMILES string of the molecule is Cc1cccc(N2CCN(C(=O)CSc3nccnc3Oc3ccccc3C)CC2)c1. The number of anilines is 1. The molecule has 1 fully saturated rings. The molecule has 0 spiro atoms. The summed E-state index contributed by atoms with van der Waals surface area (Å²) in [6.07, 6.45) is 3.22. The molecule has 160 valence electrons. The molecular weight excluding hydrogens is 408 g/mol. The smallest absolute Gasteiger partial charge is 0.252 e. The lowest BCUT2D eigenvalue weighted by Crippen LogP contribution is -2.49. The molecule has 0 aliphatic carbocycles. The maximum Gasteiger partial charge on any atom is 0.252 e. The zero-order valence-electron chi connectivity index (χ0n) is 17.8. The number of amides is 1. The van der Waals surface area contributed by atoms with Crippen molar-refractivity contribution >= 4 is 23.4 Å². The average Bonchev–Trinajstić information content (AvgIpc) is 2.80. The molecule has 2 aromatic carbocycles. The number of aryl methyl sites for hydroxylation is 2. The molecule has 0 saturated carbocycles. The van der Waals surface area contributed by atoms with E-state index in [0.29, 0.717) is 16.7 Å². The fourth-order valence-corrected chi connectivity index (χ4v) is 4.31. The minimum Gasteiger partial charge on any atom is -0.436 e. The summed E-state index contributed by atoms with van der Waals surface area (Å²) in [4.78, 5) is 25.7. The highest BCUT2D eigenvalue weighted by Gasteiger charge is 2.22. The van der Waals surface area contributed by atoms with E-state index in [-0.39, 0.29) is 5.91 Å². The molecule has 0 N–H and O–H groups in total. The fraction of sp³-hybridized carbons (Fsp3) is 0.292. The van der Waals surface area contributed by atoms with Gasteiger partial charge in [-0.25, -0.2) is 9.97 Å². The number of hydrogen-bond acceptors (Lipinski definition) is 6. The van der Waals surface area contributed by atoms with Crippen molar-refractivity contribution in [2.75, 3.05) is 36.8 Å². The highest BCUT2D eigenvalue weighted by Crippen LogP contribution is 2.30. The molecule has 0 unspecified atom stereocenters. The lowest BCUT2D eigenvalue weighted by molar-refractivity contribution is -0.128. The summed E-state index contributed by atoms with van der Waals surface area (Å²) in [6.45, 7) is 7.21. The Labute approximate surface area is 187 Å². The quantitative estimate of drug-likeness (QED) is 0.539. The summed E-state index contributed by atoms with van der Waals surface area (Å²) < 4.78 is 5.96. The van der Waals surface area contributed by atoms with Gasteiger partial charge in [-0.15, -0.1) is 0 Å². The Morgan fingerprint density at radius 1 is 1.00 bits per heavy atom. The van der Waals surface area contributed by atoms with Crippen molar-refractivity contribution in [3.05, 3.63) is 72.1 Å². The van der Waals surface area contributed by atoms with E-state index in [9.17, 15) is 4.79 Å². The number of carbonyl (C=O) groups excluding carboxylic acids is 1. The van der Waals surface area contributed by atoms with E-state index in [0.717, 1.165) is 37.5 Å². The van der Waals surface area contributed by atoms with Gasteiger partial charge in [0.15, 0.2) is 5.03 Å². The van der Waals surface area contributed by atoms with Crippen LogP contribution in [0.1, 0.15) is 11.1 Å². The third kappa shape index (κ3) is 5.35. The van der Waals surface area contributed by atoms with Crippen LogP contribution < -0.4 is 9.64 Å². The van der Waals surface area contributed by atoms with Gasteiger partial charge < -0.3 is 14.5 Å². The molecule has 0 atom stereocenters. The monoisotopic (exact) mass is 434 g/mol. The molecule has 6 nitrogen and oxygen atoms in total. The largest absolute Gasteiger partial charge is 0.436 e. The van der Waals surface area contributed by atoms with Gasteiger partial charge in [0.05, 0.1) is 5.75 Å². The molecule has 3 aromatic rings. The summed E-state index contributed by atoms with van der Waals surface area (Å²) in [6, 6.07) is 16.3. The van der Waals surface area contributed by atoms with E-state index in [1.807, 2.05) is 36.1 Å². The number of carbonyl (C=O) groups is 1. The van der Waals surface area contributed by atoms with Gasteiger partial charge in [0.1, 0.15) is 5.75 Å². The molecular formula is C24H26N4O2S. The van der Waals surface area contributed by atoms with Gasteiger partial charge in [-0.2, -0.15) is 0 Å². The highest BCUT2D eigenvalue weighted by molar-refractivity contribution is 8.00. The standard InChI is InChI=1S/C24H26N4O2S/c1-18-6-5-8-20(16-18)27-12-14-28(15-13-27)22(29)17-31-24-23(25-10-11-26-24)30-21-9-4-3-7-19(21)2/h3-11,16H,12-15,17H2,1-2H3. The zero-order chi connectivity index (χ0) is 21.6. The van der Waals surface area contributed by atoms with Crippen LogP contribution in [0, 0.1) is 13.8 Å². The molecule has 7 heteroatoms. The van der Waals surface area contributed by atoms with Crippen molar-refractivity contribution in [1.82, 2.24) is 14.9 Å². The third-order valence-electron chi connectivity index (χ3n) is 5.26. The molecule has 4 rings (SSSR count). The summed E-state index contributed by atoms with van der Waals surface area (Å²) >= 11 is 1.37. The average molecular weight is 435 g/mol. The van der Waals surface area contributed by atoms with E-state index >= 15 is 0 Å². The molecule has 31 heavy (non-hydrogen) atoms. The first-order chi connectivity index (χ1) is 15.1. The van der Waals surface area contributed by atoms with Crippen LogP contribution in [0.25, 0.3) is 0 Å². The first kappa shape index (κ1) is 21.2. The Bertz CT molecular complexity index is 1050. The zero-order valence-corrected chi connectivity index (χ0v) is 18.6. The minimum absolute atomic E-state index is 0.112. The minimum atomic E-state index is 0.112. The molecule has 1 aliphatic rings. The fourth-order valence-electron chi connectivity index (χ4n) is 3.52. The Kier molecular flexibility index (Phi) is 6.72. The van der Waals surface area contributed by atoms with Crippen LogP contribution in [-0.2, 0) is 4.79 Å². The Morgan fingerprint density at radius 3 is 2.55 bits per heavy atom.